The highest BCUT2D eigenvalue weighted by molar-refractivity contribution is 6.21. The van der Waals surface area contributed by atoms with E-state index in [4.69, 9.17) is 0 Å². The van der Waals surface area contributed by atoms with E-state index < -0.39 is 0 Å². The third kappa shape index (κ3) is 3.21. The molecule has 2 nitrogen and oxygen atoms in total. The van der Waals surface area contributed by atoms with Crippen molar-refractivity contribution in [3.8, 4) is 22.3 Å². The lowest BCUT2D eigenvalue weighted by molar-refractivity contribution is 1.24. The minimum atomic E-state index is 0.0465. The van der Waals surface area contributed by atoms with Crippen LogP contribution < -0.4 is 10.9 Å². The van der Waals surface area contributed by atoms with E-state index in [1.165, 1.54) is 44.5 Å². The number of hydrogen-bond donors (Lipinski definition) is 0. The van der Waals surface area contributed by atoms with Crippen molar-refractivity contribution in [3.63, 3.8) is 0 Å². The predicted molar refractivity (Wildman–Crippen MR) is 174 cm³/mol. The Hall–Kier alpha value is -5.34. The molecule has 8 aromatic carbocycles. The third-order valence-electron chi connectivity index (χ3n) is 9.28. The molecule has 42 heavy (non-hydrogen) atoms. The van der Waals surface area contributed by atoms with Gasteiger partial charge < -0.3 is 0 Å². The lowest BCUT2D eigenvalue weighted by atomic mass is 9.98. The maximum atomic E-state index is 12.6. The number of hydrogen-bond acceptors (Lipinski definition) is 2. The van der Waals surface area contributed by atoms with E-state index in [-0.39, 0.29) is 10.9 Å². The van der Waals surface area contributed by atoms with Gasteiger partial charge in [-0.05, 0) is 103 Å². The van der Waals surface area contributed by atoms with Crippen LogP contribution in [-0.2, 0) is 12.8 Å². The van der Waals surface area contributed by atoms with Crippen LogP contribution in [0.2, 0.25) is 0 Å². The lowest BCUT2D eigenvalue weighted by Gasteiger charge is -2.06. The quantitative estimate of drug-likeness (QED) is 0.194. The van der Waals surface area contributed by atoms with Crippen LogP contribution in [0.4, 0.5) is 0 Å². The lowest BCUT2D eigenvalue weighted by Crippen LogP contribution is -1.95. The Kier molecular flexibility index (Phi) is 4.77. The van der Waals surface area contributed by atoms with Gasteiger partial charge in [0.25, 0.3) is 0 Å². The Morgan fingerprint density at radius 2 is 0.690 bits per heavy atom. The van der Waals surface area contributed by atoms with Gasteiger partial charge in [-0.3, -0.25) is 9.59 Å². The van der Waals surface area contributed by atoms with Crippen molar-refractivity contribution in [1.29, 1.82) is 0 Å². The Balaban J connectivity index is 0.000000120. The Morgan fingerprint density at radius 1 is 0.310 bits per heavy atom. The first-order chi connectivity index (χ1) is 20.7. The molecule has 0 bridgehead atoms. The topological polar surface area (TPSA) is 34.1 Å². The summed E-state index contributed by atoms with van der Waals surface area (Å²) in [5.41, 5.74) is 11.8. The number of benzene rings is 6. The van der Waals surface area contributed by atoms with Crippen LogP contribution in [0, 0.1) is 0 Å². The second-order valence-electron chi connectivity index (χ2n) is 11.5. The number of fused-ring (bicyclic) bond motifs is 12. The molecule has 196 valence electrons. The third-order valence-corrected chi connectivity index (χ3v) is 9.28. The normalized spacial score (nSPS) is 12.8. The summed E-state index contributed by atoms with van der Waals surface area (Å²) >= 11 is 0. The second kappa shape index (κ2) is 8.58. The molecule has 0 aromatic heterocycles. The fraction of sp³-hybridized carbons (Fsp3) is 0.0500. The first-order valence-corrected chi connectivity index (χ1v) is 14.4. The summed E-state index contributed by atoms with van der Waals surface area (Å²) in [6, 6.07) is 41.4. The molecule has 0 fully saturated rings. The maximum absolute atomic E-state index is 12.6. The van der Waals surface area contributed by atoms with Crippen molar-refractivity contribution < 1.29 is 0 Å². The highest BCUT2D eigenvalue weighted by Crippen LogP contribution is 2.44. The van der Waals surface area contributed by atoms with Crippen LogP contribution in [0.5, 0.6) is 0 Å². The van der Waals surface area contributed by atoms with E-state index in [2.05, 4.69) is 60.7 Å². The standard InChI is InChI=1S/C20H10O2.C20H14/c21-19-13-7-3-1-5-11(13)15-9-18-16(10-17(15)19)12-6-2-4-8-14(12)20(18)22;1-3-7-17-13(5-1)9-15-11-20-16(12-19(15)17)10-14-6-2-4-8-18(14)20/h1-10H;1-8,11-12H,9-10H2. The predicted octanol–water partition coefficient (Wildman–Crippen LogP) is 8.72. The molecule has 10 rings (SSSR count). The first-order valence-electron chi connectivity index (χ1n) is 14.4. The molecule has 0 heterocycles. The zero-order valence-electron chi connectivity index (χ0n) is 22.8. The van der Waals surface area contributed by atoms with Gasteiger partial charge in [0.1, 0.15) is 0 Å². The highest BCUT2D eigenvalue weighted by Gasteiger charge is 2.24. The summed E-state index contributed by atoms with van der Waals surface area (Å²) in [7, 11) is 0. The Morgan fingerprint density at radius 3 is 1.14 bits per heavy atom. The van der Waals surface area contributed by atoms with Gasteiger partial charge in [-0.2, -0.15) is 0 Å². The molecule has 0 atom stereocenters. The minimum Gasteiger partial charge on any atom is -0.289 e. The van der Waals surface area contributed by atoms with E-state index in [9.17, 15) is 9.59 Å². The fourth-order valence-electron chi connectivity index (χ4n) is 7.31. The zero-order valence-corrected chi connectivity index (χ0v) is 22.8. The molecule has 2 heteroatoms. The Bertz CT molecular complexity index is 2330. The summed E-state index contributed by atoms with van der Waals surface area (Å²) in [5.74, 6) is 0. The van der Waals surface area contributed by atoms with Crippen LogP contribution >= 0.6 is 0 Å². The number of rotatable bonds is 0. The van der Waals surface area contributed by atoms with Crippen LogP contribution in [0.25, 0.3) is 65.3 Å². The van der Waals surface area contributed by atoms with E-state index in [1.807, 2.05) is 60.7 Å². The van der Waals surface area contributed by atoms with Gasteiger partial charge in [-0.25, -0.2) is 0 Å². The van der Waals surface area contributed by atoms with Crippen molar-refractivity contribution in [3.05, 3.63) is 164 Å². The van der Waals surface area contributed by atoms with E-state index >= 15 is 0 Å². The molecule has 0 saturated carbocycles. The second-order valence-corrected chi connectivity index (χ2v) is 11.5. The summed E-state index contributed by atoms with van der Waals surface area (Å²) in [6.07, 6.45) is 2.17. The SMILES string of the molecule is O=c1c2ccccc2c2cc3c(=O)c4ccccc4c3cc12.c1ccc2c(c1)Cc1cc3c(cc1-2)Cc1ccccc1-3. The van der Waals surface area contributed by atoms with Crippen LogP contribution in [0.1, 0.15) is 22.3 Å². The van der Waals surface area contributed by atoms with Crippen LogP contribution in [-0.4, -0.2) is 0 Å². The zero-order chi connectivity index (χ0) is 27.9. The average Bonchev–Trinajstić information content (AvgIpc) is 3.75. The minimum absolute atomic E-state index is 0.0465. The van der Waals surface area contributed by atoms with Gasteiger partial charge in [0.2, 0.25) is 0 Å². The van der Waals surface area contributed by atoms with Gasteiger partial charge in [0.15, 0.2) is 10.9 Å². The molecule has 8 aromatic rings. The molecule has 0 aliphatic heterocycles. The maximum Gasteiger partial charge on any atom is 0.194 e. The van der Waals surface area contributed by atoms with Gasteiger partial charge in [0.05, 0.1) is 0 Å². The average molecular weight is 537 g/mol. The van der Waals surface area contributed by atoms with Crippen molar-refractivity contribution in [2.75, 3.05) is 0 Å². The molecule has 0 amide bonds. The van der Waals surface area contributed by atoms with Gasteiger partial charge in [-0.1, -0.05) is 97.1 Å². The molecular formula is C40H24O2. The van der Waals surface area contributed by atoms with E-state index in [0.29, 0.717) is 10.8 Å². The van der Waals surface area contributed by atoms with E-state index in [0.717, 1.165) is 45.2 Å². The smallest absolute Gasteiger partial charge is 0.194 e. The van der Waals surface area contributed by atoms with Crippen molar-refractivity contribution in [2.24, 2.45) is 0 Å². The summed E-state index contributed by atoms with van der Waals surface area (Å²) < 4.78 is 0. The monoisotopic (exact) mass is 536 g/mol. The molecule has 0 radical (unpaired) electrons. The van der Waals surface area contributed by atoms with Gasteiger partial charge >= 0.3 is 0 Å². The molecule has 0 saturated heterocycles. The van der Waals surface area contributed by atoms with Gasteiger partial charge in [-0.15, -0.1) is 0 Å². The summed E-state index contributed by atoms with van der Waals surface area (Å²) in [4.78, 5) is 25.2. The molecule has 0 unspecified atom stereocenters. The van der Waals surface area contributed by atoms with Crippen molar-refractivity contribution >= 4 is 43.1 Å². The van der Waals surface area contributed by atoms with E-state index in [1.54, 1.807) is 0 Å². The van der Waals surface area contributed by atoms with Crippen molar-refractivity contribution in [2.45, 2.75) is 12.8 Å². The van der Waals surface area contributed by atoms with Crippen LogP contribution in [0.3, 0.4) is 0 Å². The largest absolute Gasteiger partial charge is 0.289 e. The molecule has 2 aliphatic rings. The summed E-state index contributed by atoms with van der Waals surface area (Å²) in [6.45, 7) is 0. The molecule has 2 aliphatic carbocycles. The molecule has 0 N–H and O–H groups in total. The first kappa shape index (κ1) is 23.4. The molecular weight excluding hydrogens is 512 g/mol. The van der Waals surface area contributed by atoms with Crippen molar-refractivity contribution in [1.82, 2.24) is 0 Å². The van der Waals surface area contributed by atoms with Crippen LogP contribution in [0.15, 0.2) is 131 Å². The van der Waals surface area contributed by atoms with Gasteiger partial charge in [0, 0.05) is 21.5 Å². The molecule has 0 spiro atoms. The fourth-order valence-corrected chi connectivity index (χ4v) is 7.31. The Labute approximate surface area is 241 Å². The summed E-state index contributed by atoms with van der Waals surface area (Å²) in [5, 5.41) is 6.45. The highest BCUT2D eigenvalue weighted by atomic mass is 16.1.